The van der Waals surface area contributed by atoms with Crippen LogP contribution < -0.4 is 4.90 Å². The monoisotopic (exact) mass is 735 g/mol. The molecule has 0 bridgehead atoms. The van der Waals surface area contributed by atoms with E-state index in [1.807, 2.05) is 25.2 Å². The Bertz CT molecular complexity index is 2250. The maximum atomic E-state index is 5.80. The molecule has 0 amide bonds. The van der Waals surface area contributed by atoms with E-state index in [0.29, 0.717) is 11.8 Å². The van der Waals surface area contributed by atoms with E-state index in [2.05, 4.69) is 181 Å². The average Bonchev–Trinajstić information content (AvgIpc) is 3.27. The molecule has 0 atom stereocenters. The van der Waals surface area contributed by atoms with E-state index in [4.69, 9.17) is 6.42 Å². The van der Waals surface area contributed by atoms with E-state index < -0.39 is 0 Å². The minimum Gasteiger partial charge on any atom is -0.341 e. The lowest BCUT2D eigenvalue weighted by molar-refractivity contribution is 0.861. The first-order chi connectivity index (χ1) is 27.0. The van der Waals surface area contributed by atoms with Gasteiger partial charge in [-0.3, -0.25) is 0 Å². The molecule has 286 valence electrons. The summed E-state index contributed by atoms with van der Waals surface area (Å²) in [7, 11) is 0. The fourth-order valence-electron chi connectivity index (χ4n) is 7.39. The molecule has 0 saturated heterocycles. The molecule has 1 aliphatic rings. The maximum absolute atomic E-state index is 5.80. The van der Waals surface area contributed by atoms with Gasteiger partial charge in [-0.05, 0) is 149 Å². The second kappa shape index (κ2) is 19.8. The first-order valence-electron chi connectivity index (χ1n) is 20.4. The summed E-state index contributed by atoms with van der Waals surface area (Å²) in [4.78, 5) is 2.42. The zero-order chi connectivity index (χ0) is 40.2. The molecule has 1 heterocycles. The van der Waals surface area contributed by atoms with Gasteiger partial charge in [0.15, 0.2) is 0 Å². The van der Waals surface area contributed by atoms with Crippen LogP contribution in [0, 0.1) is 19.3 Å². The van der Waals surface area contributed by atoms with Crippen molar-refractivity contribution in [2.45, 2.75) is 92.9 Å². The van der Waals surface area contributed by atoms with E-state index in [0.717, 1.165) is 49.1 Å². The number of rotatable bonds is 13. The highest BCUT2D eigenvalue weighted by atomic mass is 15.1. The molecule has 1 heteroatoms. The van der Waals surface area contributed by atoms with Gasteiger partial charge < -0.3 is 4.90 Å². The van der Waals surface area contributed by atoms with Gasteiger partial charge in [-0.25, -0.2) is 0 Å². The van der Waals surface area contributed by atoms with Gasteiger partial charge in [0.1, 0.15) is 0 Å². The van der Waals surface area contributed by atoms with E-state index in [9.17, 15) is 0 Å². The Hall–Kier alpha value is -5.58. The third kappa shape index (κ3) is 10.8. The molecule has 56 heavy (non-hydrogen) atoms. The fourth-order valence-corrected chi connectivity index (χ4v) is 7.39. The van der Waals surface area contributed by atoms with Crippen molar-refractivity contribution in [1.29, 1.82) is 0 Å². The summed E-state index contributed by atoms with van der Waals surface area (Å²) in [6, 6.07) is 30.2. The molecule has 0 aromatic heterocycles. The Labute approximate surface area is 339 Å². The third-order valence-electron chi connectivity index (χ3n) is 10.6. The number of fused-ring (bicyclic) bond motifs is 1. The van der Waals surface area contributed by atoms with Crippen molar-refractivity contribution in [3.05, 3.63) is 190 Å². The van der Waals surface area contributed by atoms with Crippen LogP contribution in [0.5, 0.6) is 0 Å². The quantitative estimate of drug-likeness (QED) is 0.0976. The van der Waals surface area contributed by atoms with Crippen LogP contribution in [-0.2, 0) is 12.8 Å². The Morgan fingerprint density at radius 2 is 1.59 bits per heavy atom. The Morgan fingerprint density at radius 3 is 2.32 bits per heavy atom. The van der Waals surface area contributed by atoms with Crippen LogP contribution >= 0.6 is 0 Å². The summed E-state index contributed by atoms with van der Waals surface area (Å²) < 4.78 is 0. The lowest BCUT2D eigenvalue weighted by atomic mass is 9.88. The van der Waals surface area contributed by atoms with Gasteiger partial charge in [0.2, 0.25) is 0 Å². The number of terminal acetylenes is 1. The van der Waals surface area contributed by atoms with Gasteiger partial charge in [-0.15, -0.1) is 6.42 Å². The van der Waals surface area contributed by atoms with Crippen molar-refractivity contribution in [1.82, 2.24) is 0 Å². The summed E-state index contributed by atoms with van der Waals surface area (Å²) in [5.41, 5.74) is 19.0. The standard InChI is InChI=1S/C55H61N/c1-11-18-44(21-15-13-14-20-39(3)4)34-43(10)56-33-17-24-45(27-30-52-35-47(40(5)6)31-32-55(52)56)49-22-16-23-50(36-49)51-26-25-42(9)53(38-51)54-37-48(41(7)8)29-28-46(54)19-12-2/h1,13-18,20,22-29,31-32,34-38,40-41H,3,12,19,21,30,33H2,2,4-10H3/b15-13-,20-14-,24-17-,43-34+,44-18-,45-27+. The minimum absolute atomic E-state index is 0.442. The smallest absolute Gasteiger partial charge is 0.0447 e. The highest BCUT2D eigenvalue weighted by Gasteiger charge is 2.17. The van der Waals surface area contributed by atoms with Crippen LogP contribution in [0.1, 0.15) is 107 Å². The topological polar surface area (TPSA) is 3.24 Å². The molecule has 5 rings (SSSR count). The fraction of sp³-hybridized carbons (Fsp3) is 0.273. The molecular weight excluding hydrogens is 675 g/mol. The predicted octanol–water partition coefficient (Wildman–Crippen LogP) is 15.1. The first-order valence-corrected chi connectivity index (χ1v) is 20.4. The van der Waals surface area contributed by atoms with Gasteiger partial charge in [-0.1, -0.05) is 162 Å². The number of allylic oxidation sites excluding steroid dienone is 12. The van der Waals surface area contributed by atoms with Crippen LogP contribution in [0.25, 0.3) is 27.8 Å². The maximum Gasteiger partial charge on any atom is 0.0447 e. The summed E-state index contributed by atoms with van der Waals surface area (Å²) in [5.74, 6) is 3.69. The molecule has 0 radical (unpaired) electrons. The molecule has 0 fully saturated rings. The van der Waals surface area contributed by atoms with Gasteiger partial charge in [0.05, 0.1) is 0 Å². The molecule has 0 unspecified atom stereocenters. The average molecular weight is 736 g/mol. The van der Waals surface area contributed by atoms with E-state index in [-0.39, 0.29) is 0 Å². The summed E-state index contributed by atoms with van der Waals surface area (Å²) in [5, 5.41) is 0. The lowest BCUT2D eigenvalue weighted by Crippen LogP contribution is -2.22. The third-order valence-corrected chi connectivity index (χ3v) is 10.6. The molecule has 1 aliphatic heterocycles. The number of hydrogen-bond donors (Lipinski definition) is 0. The summed E-state index contributed by atoms with van der Waals surface area (Å²) >= 11 is 0. The normalized spacial score (nSPS) is 15.4. The van der Waals surface area contributed by atoms with Crippen LogP contribution in [-0.4, -0.2) is 6.54 Å². The van der Waals surface area contributed by atoms with Crippen molar-refractivity contribution in [3.8, 4) is 34.6 Å². The second-order valence-electron chi connectivity index (χ2n) is 15.9. The van der Waals surface area contributed by atoms with Crippen LogP contribution in [0.4, 0.5) is 5.69 Å². The molecular formula is C55H61N. The van der Waals surface area contributed by atoms with Gasteiger partial charge in [-0.2, -0.15) is 0 Å². The lowest BCUT2D eigenvalue weighted by Gasteiger charge is -2.27. The Kier molecular flexibility index (Phi) is 14.7. The van der Waals surface area contributed by atoms with Crippen molar-refractivity contribution in [2.24, 2.45) is 0 Å². The largest absolute Gasteiger partial charge is 0.341 e. The van der Waals surface area contributed by atoms with Gasteiger partial charge >= 0.3 is 0 Å². The van der Waals surface area contributed by atoms with Crippen molar-refractivity contribution >= 4 is 11.3 Å². The van der Waals surface area contributed by atoms with Crippen molar-refractivity contribution in [3.63, 3.8) is 0 Å². The Morgan fingerprint density at radius 1 is 0.857 bits per heavy atom. The predicted molar refractivity (Wildman–Crippen MR) is 247 cm³/mol. The second-order valence-corrected chi connectivity index (χ2v) is 15.9. The molecule has 0 aliphatic carbocycles. The molecule has 0 spiro atoms. The molecule has 4 aromatic carbocycles. The first kappa shape index (κ1) is 41.6. The number of nitrogens with zero attached hydrogens (tertiary/aromatic N) is 1. The summed E-state index contributed by atoms with van der Waals surface area (Å²) in [6.07, 6.45) is 28.9. The highest BCUT2D eigenvalue weighted by Crippen LogP contribution is 2.36. The molecule has 4 aromatic rings. The summed E-state index contributed by atoms with van der Waals surface area (Å²) in [6.45, 7) is 22.5. The van der Waals surface area contributed by atoms with Gasteiger partial charge in [0, 0.05) is 17.9 Å². The number of aryl methyl sites for hydroxylation is 2. The number of hydrogen-bond acceptors (Lipinski definition) is 1. The van der Waals surface area contributed by atoms with Crippen molar-refractivity contribution < 1.29 is 0 Å². The van der Waals surface area contributed by atoms with Gasteiger partial charge in [0.25, 0.3) is 0 Å². The minimum atomic E-state index is 0.442. The molecule has 0 saturated carbocycles. The van der Waals surface area contributed by atoms with Crippen LogP contribution in [0.3, 0.4) is 0 Å². The van der Waals surface area contributed by atoms with Crippen molar-refractivity contribution in [2.75, 3.05) is 11.4 Å². The van der Waals surface area contributed by atoms with E-state index in [1.165, 1.54) is 66.9 Å². The van der Waals surface area contributed by atoms with E-state index in [1.54, 1.807) is 0 Å². The van der Waals surface area contributed by atoms with Crippen LogP contribution in [0.15, 0.2) is 157 Å². The zero-order valence-electron chi connectivity index (χ0n) is 35.1. The van der Waals surface area contributed by atoms with Crippen LogP contribution in [0.2, 0.25) is 0 Å². The molecule has 0 N–H and O–H groups in total. The van der Waals surface area contributed by atoms with E-state index >= 15 is 0 Å². The number of benzene rings is 4. The highest BCUT2D eigenvalue weighted by molar-refractivity contribution is 5.82. The molecule has 1 nitrogen and oxygen atoms in total. The Balaban J connectivity index is 1.51. The SMILES string of the molecule is C#C/C=C(\C=C(/C)N1C/C=C\C(c2cccc(-c3ccc(C)c(-c4cc(C(C)C)ccc4CCC)c3)c2)=C/Cc2cc(C(C)C)ccc21)C/C=C\C=C/C(=C)C. The zero-order valence-corrected chi connectivity index (χ0v) is 35.1. The number of anilines is 1.